The maximum absolute atomic E-state index is 9.35. The highest BCUT2D eigenvalue weighted by atomic mass is 15.1. The van der Waals surface area contributed by atoms with Crippen LogP contribution in [-0.2, 0) is 0 Å². The number of rotatable bonds is 2. The number of pyridine rings is 1. The van der Waals surface area contributed by atoms with E-state index in [1.807, 2.05) is 19.9 Å². The molecule has 0 radical (unpaired) electrons. The van der Waals surface area contributed by atoms with Crippen molar-refractivity contribution in [2.45, 2.75) is 39.7 Å². The lowest BCUT2D eigenvalue weighted by Crippen LogP contribution is -2.42. The molecule has 1 aliphatic heterocycles. The van der Waals surface area contributed by atoms with Crippen LogP contribution < -0.4 is 10.6 Å². The molecular weight excluding hydrogens is 236 g/mol. The lowest BCUT2D eigenvalue weighted by molar-refractivity contribution is 0.364. The Balaban J connectivity index is 2.33. The molecule has 2 heterocycles. The maximum atomic E-state index is 9.35. The van der Waals surface area contributed by atoms with Gasteiger partial charge in [0.2, 0.25) is 0 Å². The SMILES string of the molecule is Cc1cc(N2CCCC(C(C)N)C2)c(C#N)c(C)n1. The molecule has 0 spiro atoms. The molecule has 1 aromatic rings. The van der Waals surface area contributed by atoms with Crippen molar-refractivity contribution in [3.63, 3.8) is 0 Å². The van der Waals surface area contributed by atoms with E-state index in [0.29, 0.717) is 11.5 Å². The largest absolute Gasteiger partial charge is 0.370 e. The van der Waals surface area contributed by atoms with Gasteiger partial charge < -0.3 is 10.6 Å². The van der Waals surface area contributed by atoms with Gasteiger partial charge in [-0.25, -0.2) is 0 Å². The fourth-order valence-corrected chi connectivity index (χ4v) is 2.85. The van der Waals surface area contributed by atoms with E-state index < -0.39 is 0 Å². The Morgan fingerprint density at radius 1 is 1.53 bits per heavy atom. The van der Waals surface area contributed by atoms with Crippen LogP contribution in [0.4, 0.5) is 5.69 Å². The Hall–Kier alpha value is -1.60. The van der Waals surface area contributed by atoms with Crippen molar-refractivity contribution in [2.75, 3.05) is 18.0 Å². The van der Waals surface area contributed by atoms with E-state index in [1.54, 1.807) is 0 Å². The molecule has 0 aliphatic carbocycles. The zero-order valence-corrected chi connectivity index (χ0v) is 12.0. The lowest BCUT2D eigenvalue weighted by atomic mass is 9.91. The molecule has 1 saturated heterocycles. The Morgan fingerprint density at radius 2 is 2.26 bits per heavy atom. The van der Waals surface area contributed by atoms with Gasteiger partial charge in [0, 0.05) is 24.8 Å². The number of piperidine rings is 1. The van der Waals surface area contributed by atoms with E-state index in [-0.39, 0.29) is 6.04 Å². The molecule has 1 fully saturated rings. The van der Waals surface area contributed by atoms with E-state index in [4.69, 9.17) is 5.73 Å². The molecule has 4 heteroatoms. The first kappa shape index (κ1) is 13.8. The first-order chi connectivity index (χ1) is 9.02. The maximum Gasteiger partial charge on any atom is 0.103 e. The third kappa shape index (κ3) is 2.87. The van der Waals surface area contributed by atoms with Crippen molar-refractivity contribution in [1.29, 1.82) is 5.26 Å². The van der Waals surface area contributed by atoms with E-state index in [9.17, 15) is 5.26 Å². The highest BCUT2D eigenvalue weighted by Gasteiger charge is 2.25. The number of nitriles is 1. The minimum absolute atomic E-state index is 0.206. The van der Waals surface area contributed by atoms with E-state index >= 15 is 0 Å². The summed E-state index contributed by atoms with van der Waals surface area (Å²) in [5.41, 5.74) is 9.55. The van der Waals surface area contributed by atoms with Crippen molar-refractivity contribution in [2.24, 2.45) is 11.7 Å². The molecule has 1 aliphatic rings. The molecule has 2 rings (SSSR count). The number of hydrogen-bond acceptors (Lipinski definition) is 4. The average Bonchev–Trinajstić information content (AvgIpc) is 2.38. The van der Waals surface area contributed by atoms with Crippen LogP contribution in [0, 0.1) is 31.1 Å². The molecule has 0 saturated carbocycles. The van der Waals surface area contributed by atoms with E-state index in [2.05, 4.69) is 22.9 Å². The monoisotopic (exact) mass is 258 g/mol. The summed E-state index contributed by atoms with van der Waals surface area (Å²) in [5, 5.41) is 9.35. The molecule has 0 bridgehead atoms. The molecule has 102 valence electrons. The summed E-state index contributed by atoms with van der Waals surface area (Å²) < 4.78 is 0. The van der Waals surface area contributed by atoms with Crippen LogP contribution in [-0.4, -0.2) is 24.1 Å². The van der Waals surface area contributed by atoms with Crippen LogP contribution in [0.2, 0.25) is 0 Å². The van der Waals surface area contributed by atoms with Crippen LogP contribution in [0.1, 0.15) is 36.7 Å². The molecule has 19 heavy (non-hydrogen) atoms. The van der Waals surface area contributed by atoms with Gasteiger partial charge in [-0.05, 0) is 45.6 Å². The standard InChI is InChI=1S/C15H22N4/c1-10-7-15(14(8-16)12(3)18-10)19-6-4-5-13(9-19)11(2)17/h7,11,13H,4-6,9,17H2,1-3H3. The fourth-order valence-electron chi connectivity index (χ4n) is 2.85. The highest BCUT2D eigenvalue weighted by Crippen LogP contribution is 2.28. The quantitative estimate of drug-likeness (QED) is 0.882. The van der Waals surface area contributed by atoms with Crippen molar-refractivity contribution in [3.8, 4) is 6.07 Å². The minimum Gasteiger partial charge on any atom is -0.370 e. The van der Waals surface area contributed by atoms with Crippen LogP contribution in [0.25, 0.3) is 0 Å². The van der Waals surface area contributed by atoms with Gasteiger partial charge in [-0.1, -0.05) is 0 Å². The summed E-state index contributed by atoms with van der Waals surface area (Å²) >= 11 is 0. The molecule has 4 nitrogen and oxygen atoms in total. The van der Waals surface area contributed by atoms with Gasteiger partial charge in [0.05, 0.1) is 16.9 Å². The number of anilines is 1. The molecule has 2 unspecified atom stereocenters. The lowest BCUT2D eigenvalue weighted by Gasteiger charge is -2.36. The first-order valence-electron chi connectivity index (χ1n) is 6.91. The van der Waals surface area contributed by atoms with Crippen molar-refractivity contribution < 1.29 is 0 Å². The van der Waals surface area contributed by atoms with Gasteiger partial charge in [0.1, 0.15) is 6.07 Å². The fraction of sp³-hybridized carbons (Fsp3) is 0.600. The molecule has 0 aromatic carbocycles. The Labute approximate surface area is 115 Å². The molecular formula is C15H22N4. The summed E-state index contributed by atoms with van der Waals surface area (Å²) in [5.74, 6) is 0.508. The second-order valence-corrected chi connectivity index (χ2v) is 5.56. The van der Waals surface area contributed by atoms with Crippen LogP contribution >= 0.6 is 0 Å². The number of aryl methyl sites for hydroxylation is 2. The second-order valence-electron chi connectivity index (χ2n) is 5.56. The van der Waals surface area contributed by atoms with Crippen LogP contribution in [0.15, 0.2) is 6.07 Å². The first-order valence-corrected chi connectivity index (χ1v) is 6.91. The Bertz CT molecular complexity index is 502. The summed E-state index contributed by atoms with van der Waals surface area (Å²) in [4.78, 5) is 6.68. The molecule has 2 atom stereocenters. The third-order valence-corrected chi connectivity index (χ3v) is 3.96. The molecule has 2 N–H and O–H groups in total. The van der Waals surface area contributed by atoms with E-state index in [1.165, 1.54) is 6.42 Å². The van der Waals surface area contributed by atoms with Gasteiger partial charge in [-0.3, -0.25) is 4.98 Å². The highest BCUT2D eigenvalue weighted by molar-refractivity contribution is 5.61. The predicted molar refractivity (Wildman–Crippen MR) is 77.0 cm³/mol. The number of hydrogen-bond donors (Lipinski definition) is 1. The zero-order valence-electron chi connectivity index (χ0n) is 12.0. The topological polar surface area (TPSA) is 65.9 Å². The smallest absolute Gasteiger partial charge is 0.103 e. The number of nitrogens with zero attached hydrogens (tertiary/aromatic N) is 3. The average molecular weight is 258 g/mol. The molecule has 0 amide bonds. The number of nitrogens with two attached hydrogens (primary N) is 1. The normalized spacial score (nSPS) is 21.0. The van der Waals surface area contributed by atoms with Gasteiger partial charge >= 0.3 is 0 Å². The van der Waals surface area contributed by atoms with Crippen molar-refractivity contribution in [3.05, 3.63) is 23.0 Å². The zero-order chi connectivity index (χ0) is 14.0. The van der Waals surface area contributed by atoms with Gasteiger partial charge in [-0.15, -0.1) is 0 Å². The van der Waals surface area contributed by atoms with Crippen LogP contribution in [0.3, 0.4) is 0 Å². The molecule has 1 aromatic heterocycles. The third-order valence-electron chi connectivity index (χ3n) is 3.96. The summed E-state index contributed by atoms with van der Waals surface area (Å²) in [7, 11) is 0. The van der Waals surface area contributed by atoms with Gasteiger partial charge in [-0.2, -0.15) is 5.26 Å². The van der Waals surface area contributed by atoms with Crippen LogP contribution in [0.5, 0.6) is 0 Å². The van der Waals surface area contributed by atoms with Gasteiger partial charge in [0.15, 0.2) is 0 Å². The van der Waals surface area contributed by atoms with Crippen molar-refractivity contribution in [1.82, 2.24) is 4.98 Å². The number of aromatic nitrogens is 1. The van der Waals surface area contributed by atoms with Gasteiger partial charge in [0.25, 0.3) is 0 Å². The predicted octanol–water partition coefficient (Wildman–Crippen LogP) is 2.13. The summed E-state index contributed by atoms with van der Waals surface area (Å²) in [6.45, 7) is 7.89. The second kappa shape index (κ2) is 5.58. The summed E-state index contributed by atoms with van der Waals surface area (Å²) in [6, 6.07) is 4.53. The minimum atomic E-state index is 0.206. The van der Waals surface area contributed by atoms with E-state index in [0.717, 1.165) is 36.6 Å². The Kier molecular flexibility index (Phi) is 4.06. The summed E-state index contributed by atoms with van der Waals surface area (Å²) in [6.07, 6.45) is 2.32. The van der Waals surface area contributed by atoms with Crippen molar-refractivity contribution >= 4 is 5.69 Å². The Morgan fingerprint density at radius 3 is 2.89 bits per heavy atom.